The number of rotatable bonds is 1. The average Bonchev–Trinajstić information content (AvgIpc) is 1.36. The first kappa shape index (κ1) is 10.6. The molecule has 0 atom stereocenters. The Balaban J connectivity index is 0. The smallest absolute Gasteiger partial charge is 0.00151 e. The quantitative estimate of drug-likeness (QED) is 0.340. The SMILES string of the molecule is CN(C)N(C)C.[I-]. The first-order valence-corrected chi connectivity index (χ1v) is 1.99. The van der Waals surface area contributed by atoms with Gasteiger partial charge in [-0.25, -0.2) is 10.0 Å². The zero-order chi connectivity index (χ0) is 5.15. The van der Waals surface area contributed by atoms with Crippen molar-refractivity contribution in [2.75, 3.05) is 28.2 Å². The minimum absolute atomic E-state index is 0. The fraction of sp³-hybridized carbons (Fsp3) is 1.00. The fourth-order valence-corrected chi connectivity index (χ4v) is 0. The Bertz CT molecular complexity index is 30.7. The summed E-state index contributed by atoms with van der Waals surface area (Å²) in [5, 5.41) is 4.00. The van der Waals surface area contributed by atoms with Gasteiger partial charge in [-0.2, -0.15) is 0 Å². The lowest BCUT2D eigenvalue weighted by atomic mass is 11.0. The second-order valence-corrected chi connectivity index (χ2v) is 1.69. The van der Waals surface area contributed by atoms with Gasteiger partial charge >= 0.3 is 0 Å². The fourth-order valence-electron chi connectivity index (χ4n) is 0. The molecule has 0 aliphatic rings. The zero-order valence-corrected chi connectivity index (χ0v) is 7.43. The maximum atomic E-state index is 2.00. The molecule has 0 aromatic rings. The lowest BCUT2D eigenvalue weighted by Gasteiger charge is -2.17. The van der Waals surface area contributed by atoms with Gasteiger partial charge in [0, 0.05) is 28.2 Å². The second kappa shape index (κ2) is 4.80. The van der Waals surface area contributed by atoms with E-state index in [-0.39, 0.29) is 24.0 Å². The van der Waals surface area contributed by atoms with Gasteiger partial charge in [-0.15, -0.1) is 0 Å². The molecule has 0 fully saturated rings. The van der Waals surface area contributed by atoms with Crippen molar-refractivity contribution >= 4 is 0 Å². The maximum Gasteiger partial charge on any atom is 0.00151 e. The molecule has 0 unspecified atom stereocenters. The van der Waals surface area contributed by atoms with Gasteiger partial charge in [0.1, 0.15) is 0 Å². The molecule has 46 valence electrons. The van der Waals surface area contributed by atoms with Crippen LogP contribution in [0.5, 0.6) is 0 Å². The van der Waals surface area contributed by atoms with Gasteiger partial charge in [-0.1, -0.05) is 0 Å². The molecule has 0 saturated carbocycles. The summed E-state index contributed by atoms with van der Waals surface area (Å²) in [7, 11) is 8.00. The summed E-state index contributed by atoms with van der Waals surface area (Å²) in [6.45, 7) is 0. The van der Waals surface area contributed by atoms with E-state index in [9.17, 15) is 0 Å². The van der Waals surface area contributed by atoms with Crippen LogP contribution in [0.3, 0.4) is 0 Å². The van der Waals surface area contributed by atoms with E-state index in [1.807, 2.05) is 38.2 Å². The molecule has 0 aromatic heterocycles. The van der Waals surface area contributed by atoms with Gasteiger partial charge in [0.25, 0.3) is 0 Å². The van der Waals surface area contributed by atoms with Crippen LogP contribution in [0.2, 0.25) is 0 Å². The van der Waals surface area contributed by atoms with Gasteiger partial charge in [-0.05, 0) is 0 Å². The number of nitrogens with zero attached hydrogens (tertiary/aromatic N) is 2. The van der Waals surface area contributed by atoms with E-state index in [1.165, 1.54) is 0 Å². The molecule has 0 rings (SSSR count). The third-order valence-electron chi connectivity index (χ3n) is 0.800. The van der Waals surface area contributed by atoms with Gasteiger partial charge in [0.05, 0.1) is 0 Å². The molecule has 0 aromatic carbocycles. The number of halogens is 1. The Labute approximate surface area is 62.5 Å². The highest BCUT2D eigenvalue weighted by Crippen LogP contribution is 1.72. The van der Waals surface area contributed by atoms with Crippen molar-refractivity contribution in [2.24, 2.45) is 0 Å². The highest BCUT2D eigenvalue weighted by Gasteiger charge is 1.84. The molecule has 0 N–H and O–H groups in total. The van der Waals surface area contributed by atoms with Crippen LogP contribution in [0.25, 0.3) is 0 Å². The lowest BCUT2D eigenvalue weighted by molar-refractivity contribution is -0.00000152. The number of hydrogen-bond acceptors (Lipinski definition) is 2. The van der Waals surface area contributed by atoms with Crippen LogP contribution < -0.4 is 24.0 Å². The minimum atomic E-state index is 0. The Morgan fingerprint density at radius 1 is 0.714 bits per heavy atom. The zero-order valence-electron chi connectivity index (χ0n) is 5.27. The van der Waals surface area contributed by atoms with Gasteiger partial charge in [0.15, 0.2) is 0 Å². The first-order chi connectivity index (χ1) is 2.64. The maximum absolute atomic E-state index is 2.00. The molecule has 0 aliphatic heterocycles. The van der Waals surface area contributed by atoms with Crippen LogP contribution in [-0.2, 0) is 0 Å². The molecule has 3 heteroatoms. The first-order valence-electron chi connectivity index (χ1n) is 1.99. The standard InChI is InChI=1S/C4H12N2.HI/c1-5(2)6(3)4;/h1-4H3;1H/p-1. The molecular formula is C4H12IN2-. The number of hydrogen-bond donors (Lipinski definition) is 0. The summed E-state index contributed by atoms with van der Waals surface area (Å²) in [4.78, 5) is 0. The van der Waals surface area contributed by atoms with Gasteiger partial charge < -0.3 is 24.0 Å². The van der Waals surface area contributed by atoms with Crippen molar-refractivity contribution in [1.29, 1.82) is 0 Å². The molecule has 0 spiro atoms. The Hall–Kier alpha value is 0.650. The van der Waals surface area contributed by atoms with Crippen LogP contribution in [-0.4, -0.2) is 38.2 Å². The van der Waals surface area contributed by atoms with E-state index >= 15 is 0 Å². The molecule has 0 bridgehead atoms. The van der Waals surface area contributed by atoms with Crippen LogP contribution in [0.1, 0.15) is 0 Å². The van der Waals surface area contributed by atoms with E-state index in [1.54, 1.807) is 0 Å². The van der Waals surface area contributed by atoms with Crippen molar-refractivity contribution in [1.82, 2.24) is 10.0 Å². The predicted molar refractivity (Wildman–Crippen MR) is 27.4 cm³/mol. The predicted octanol–water partition coefficient (Wildman–Crippen LogP) is -2.97. The van der Waals surface area contributed by atoms with Crippen molar-refractivity contribution in [3.05, 3.63) is 0 Å². The lowest BCUT2D eigenvalue weighted by Crippen LogP contribution is -3.00. The van der Waals surface area contributed by atoms with Crippen LogP contribution >= 0.6 is 0 Å². The molecule has 0 saturated heterocycles. The van der Waals surface area contributed by atoms with Crippen molar-refractivity contribution in [3.8, 4) is 0 Å². The largest absolute Gasteiger partial charge is 1.00 e. The summed E-state index contributed by atoms with van der Waals surface area (Å²) in [6.07, 6.45) is 0. The van der Waals surface area contributed by atoms with E-state index in [2.05, 4.69) is 0 Å². The van der Waals surface area contributed by atoms with Crippen LogP contribution in [0.4, 0.5) is 0 Å². The monoisotopic (exact) mass is 215 g/mol. The third kappa shape index (κ3) is 6.65. The summed E-state index contributed by atoms with van der Waals surface area (Å²) < 4.78 is 0. The topological polar surface area (TPSA) is 6.48 Å². The van der Waals surface area contributed by atoms with Crippen molar-refractivity contribution < 1.29 is 24.0 Å². The van der Waals surface area contributed by atoms with E-state index < -0.39 is 0 Å². The summed E-state index contributed by atoms with van der Waals surface area (Å²) in [5.41, 5.74) is 0. The van der Waals surface area contributed by atoms with E-state index in [4.69, 9.17) is 0 Å². The normalized spacial score (nSPS) is 9.43. The molecular weight excluding hydrogens is 203 g/mol. The Morgan fingerprint density at radius 2 is 0.857 bits per heavy atom. The Morgan fingerprint density at radius 3 is 0.857 bits per heavy atom. The number of hydrazine groups is 1. The molecule has 7 heavy (non-hydrogen) atoms. The highest BCUT2D eigenvalue weighted by molar-refractivity contribution is 4.21. The molecule has 0 heterocycles. The summed E-state index contributed by atoms with van der Waals surface area (Å²) in [6, 6.07) is 0. The minimum Gasteiger partial charge on any atom is -1.00 e. The van der Waals surface area contributed by atoms with Crippen molar-refractivity contribution in [2.45, 2.75) is 0 Å². The Kier molecular flexibility index (Phi) is 7.27. The summed E-state index contributed by atoms with van der Waals surface area (Å²) in [5.74, 6) is 0. The molecule has 0 radical (unpaired) electrons. The van der Waals surface area contributed by atoms with Crippen LogP contribution in [0.15, 0.2) is 0 Å². The second-order valence-electron chi connectivity index (χ2n) is 1.69. The molecule has 2 nitrogen and oxygen atoms in total. The summed E-state index contributed by atoms with van der Waals surface area (Å²) >= 11 is 0. The van der Waals surface area contributed by atoms with Gasteiger partial charge in [0.2, 0.25) is 0 Å². The van der Waals surface area contributed by atoms with Crippen LogP contribution in [0, 0.1) is 0 Å². The molecule has 0 aliphatic carbocycles. The van der Waals surface area contributed by atoms with E-state index in [0.717, 1.165) is 0 Å². The highest BCUT2D eigenvalue weighted by atomic mass is 127. The average molecular weight is 215 g/mol. The van der Waals surface area contributed by atoms with E-state index in [0.29, 0.717) is 0 Å². The van der Waals surface area contributed by atoms with Crippen molar-refractivity contribution in [3.63, 3.8) is 0 Å². The third-order valence-corrected chi connectivity index (χ3v) is 0.800. The van der Waals surface area contributed by atoms with Gasteiger partial charge in [-0.3, -0.25) is 0 Å². The molecule has 0 amide bonds.